The van der Waals surface area contributed by atoms with E-state index in [-0.39, 0.29) is 5.82 Å². The molecule has 1 aromatic rings. The molecule has 0 aliphatic carbocycles. The monoisotopic (exact) mass is 322 g/mol. The van der Waals surface area contributed by atoms with E-state index in [2.05, 4.69) is 38.8 Å². The molecule has 0 N–H and O–H groups in total. The lowest BCUT2D eigenvalue weighted by atomic mass is 10.0. The fourth-order valence-electron chi connectivity index (χ4n) is 1.22. The van der Waals surface area contributed by atoms with Crippen LogP contribution in [-0.2, 0) is 6.42 Å². The van der Waals surface area contributed by atoms with E-state index in [1.54, 1.807) is 6.07 Å². The Hall–Kier alpha value is 0.110. The third-order valence-electron chi connectivity index (χ3n) is 2.20. The largest absolute Gasteiger partial charge is 0.206 e. The van der Waals surface area contributed by atoms with Crippen LogP contribution in [0.1, 0.15) is 18.9 Å². The molecule has 0 bridgehead atoms. The van der Waals surface area contributed by atoms with Crippen LogP contribution in [0.5, 0.6) is 0 Å². The van der Waals surface area contributed by atoms with E-state index < -0.39 is 0 Å². The van der Waals surface area contributed by atoms with Crippen molar-refractivity contribution in [3.8, 4) is 0 Å². The summed E-state index contributed by atoms with van der Waals surface area (Å²) >= 11 is 6.70. The van der Waals surface area contributed by atoms with Gasteiger partial charge in [-0.3, -0.25) is 0 Å². The molecule has 1 aromatic carbocycles. The molecule has 78 valence electrons. The zero-order valence-corrected chi connectivity index (χ0v) is 11.2. The van der Waals surface area contributed by atoms with Gasteiger partial charge < -0.3 is 0 Å². The molecular weight excluding hydrogens is 311 g/mol. The van der Waals surface area contributed by atoms with Crippen LogP contribution >= 0.6 is 31.9 Å². The molecule has 0 saturated heterocycles. The highest BCUT2D eigenvalue weighted by molar-refractivity contribution is 9.10. The van der Waals surface area contributed by atoms with Crippen LogP contribution in [-0.4, -0.2) is 5.33 Å². The van der Waals surface area contributed by atoms with E-state index in [4.69, 9.17) is 0 Å². The fourth-order valence-corrected chi connectivity index (χ4v) is 2.01. The summed E-state index contributed by atoms with van der Waals surface area (Å²) in [5, 5.41) is 1.000. The van der Waals surface area contributed by atoms with Gasteiger partial charge in [0.2, 0.25) is 0 Å². The first-order valence-electron chi connectivity index (χ1n) is 4.64. The van der Waals surface area contributed by atoms with Gasteiger partial charge in [-0.15, -0.1) is 0 Å². The first-order valence-corrected chi connectivity index (χ1v) is 6.55. The van der Waals surface area contributed by atoms with Crippen LogP contribution in [0.15, 0.2) is 22.7 Å². The Morgan fingerprint density at radius 3 is 2.79 bits per heavy atom. The van der Waals surface area contributed by atoms with Gasteiger partial charge in [0.1, 0.15) is 5.82 Å². The Morgan fingerprint density at radius 1 is 1.43 bits per heavy atom. The number of aryl methyl sites for hydroxylation is 1. The minimum Gasteiger partial charge on any atom is -0.206 e. The van der Waals surface area contributed by atoms with E-state index in [0.29, 0.717) is 10.4 Å². The molecule has 0 fully saturated rings. The molecule has 0 saturated carbocycles. The predicted octanol–water partition coefficient (Wildman–Crippen LogP) is 4.55. The van der Waals surface area contributed by atoms with E-state index in [1.807, 2.05) is 6.07 Å². The average Bonchev–Trinajstić information content (AvgIpc) is 2.20. The molecule has 14 heavy (non-hydrogen) atoms. The Labute approximate surface area is 101 Å². The van der Waals surface area contributed by atoms with Crippen molar-refractivity contribution in [2.45, 2.75) is 19.8 Å². The van der Waals surface area contributed by atoms with Crippen LogP contribution < -0.4 is 0 Å². The molecule has 3 heteroatoms. The Bertz CT molecular complexity index is 299. The predicted molar refractivity (Wildman–Crippen MR) is 65.4 cm³/mol. The molecule has 0 amide bonds. The Kier molecular flexibility index (Phi) is 5.10. The molecule has 0 spiro atoms. The Balaban J connectivity index is 2.63. The maximum atomic E-state index is 13.1. The van der Waals surface area contributed by atoms with Crippen molar-refractivity contribution < 1.29 is 4.39 Å². The van der Waals surface area contributed by atoms with Gasteiger partial charge in [0.25, 0.3) is 0 Å². The van der Waals surface area contributed by atoms with Gasteiger partial charge in [-0.1, -0.05) is 35.0 Å². The fraction of sp³-hybridized carbons (Fsp3) is 0.455. The molecule has 0 aliphatic heterocycles. The van der Waals surface area contributed by atoms with Crippen molar-refractivity contribution in [3.63, 3.8) is 0 Å². The number of hydrogen-bond acceptors (Lipinski definition) is 0. The lowest BCUT2D eigenvalue weighted by molar-refractivity contribution is 0.588. The van der Waals surface area contributed by atoms with Gasteiger partial charge in [-0.2, -0.15) is 0 Å². The van der Waals surface area contributed by atoms with Gasteiger partial charge >= 0.3 is 0 Å². The number of alkyl halides is 1. The molecule has 0 radical (unpaired) electrons. The molecule has 0 heterocycles. The number of halogens is 3. The van der Waals surface area contributed by atoms with Gasteiger partial charge in [0.05, 0.1) is 4.47 Å². The maximum absolute atomic E-state index is 13.1. The Morgan fingerprint density at radius 2 is 2.14 bits per heavy atom. The molecule has 0 aliphatic rings. The standard InChI is InChI=1S/C11H13Br2F/c1-8(7-12)5-6-9-3-2-4-10(14)11(9)13/h2-4,8H,5-7H2,1H3. The molecule has 1 unspecified atom stereocenters. The zero-order chi connectivity index (χ0) is 10.6. The van der Waals surface area contributed by atoms with Crippen LogP contribution in [0.4, 0.5) is 4.39 Å². The van der Waals surface area contributed by atoms with Crippen LogP contribution in [0.2, 0.25) is 0 Å². The van der Waals surface area contributed by atoms with Gasteiger partial charge in [-0.25, -0.2) is 4.39 Å². The van der Waals surface area contributed by atoms with Crippen molar-refractivity contribution in [1.82, 2.24) is 0 Å². The van der Waals surface area contributed by atoms with Gasteiger partial charge in [0, 0.05) is 5.33 Å². The normalized spacial score (nSPS) is 12.9. The number of hydrogen-bond donors (Lipinski definition) is 0. The quantitative estimate of drug-likeness (QED) is 0.713. The number of benzene rings is 1. The molecule has 0 nitrogen and oxygen atoms in total. The first kappa shape index (κ1) is 12.2. The molecule has 0 aromatic heterocycles. The average molecular weight is 324 g/mol. The summed E-state index contributed by atoms with van der Waals surface area (Å²) in [6, 6.07) is 5.20. The van der Waals surface area contributed by atoms with Crippen LogP contribution in [0.25, 0.3) is 0 Å². The second-order valence-electron chi connectivity index (χ2n) is 3.51. The minimum atomic E-state index is -0.172. The molecular formula is C11H13Br2F. The SMILES string of the molecule is CC(CBr)CCc1cccc(F)c1Br. The second kappa shape index (κ2) is 5.86. The van der Waals surface area contributed by atoms with Crippen molar-refractivity contribution in [1.29, 1.82) is 0 Å². The molecule has 1 atom stereocenters. The smallest absolute Gasteiger partial charge is 0.137 e. The summed E-state index contributed by atoms with van der Waals surface area (Å²) in [7, 11) is 0. The van der Waals surface area contributed by atoms with Crippen molar-refractivity contribution in [2.24, 2.45) is 5.92 Å². The summed E-state index contributed by atoms with van der Waals surface area (Å²) in [4.78, 5) is 0. The summed E-state index contributed by atoms with van der Waals surface area (Å²) in [5.74, 6) is 0.458. The second-order valence-corrected chi connectivity index (χ2v) is 4.95. The summed E-state index contributed by atoms with van der Waals surface area (Å²) in [6.07, 6.45) is 2.00. The third-order valence-corrected chi connectivity index (χ3v) is 4.19. The van der Waals surface area contributed by atoms with E-state index >= 15 is 0 Å². The van der Waals surface area contributed by atoms with E-state index in [0.717, 1.165) is 23.7 Å². The van der Waals surface area contributed by atoms with Crippen molar-refractivity contribution in [2.75, 3.05) is 5.33 Å². The summed E-state index contributed by atoms with van der Waals surface area (Å²) in [6.45, 7) is 2.18. The van der Waals surface area contributed by atoms with Crippen molar-refractivity contribution >= 4 is 31.9 Å². The van der Waals surface area contributed by atoms with Crippen molar-refractivity contribution in [3.05, 3.63) is 34.1 Å². The topological polar surface area (TPSA) is 0 Å². The zero-order valence-electron chi connectivity index (χ0n) is 8.06. The number of rotatable bonds is 4. The van der Waals surface area contributed by atoms with Crippen LogP contribution in [0.3, 0.4) is 0 Å². The summed E-state index contributed by atoms with van der Waals surface area (Å²) in [5.41, 5.74) is 1.05. The van der Waals surface area contributed by atoms with Gasteiger partial charge in [-0.05, 0) is 46.3 Å². The molecule has 1 rings (SSSR count). The highest BCUT2D eigenvalue weighted by Crippen LogP contribution is 2.23. The van der Waals surface area contributed by atoms with E-state index in [1.165, 1.54) is 6.07 Å². The van der Waals surface area contributed by atoms with Gasteiger partial charge in [0.15, 0.2) is 0 Å². The van der Waals surface area contributed by atoms with E-state index in [9.17, 15) is 4.39 Å². The van der Waals surface area contributed by atoms with Crippen LogP contribution in [0, 0.1) is 11.7 Å². The lowest BCUT2D eigenvalue weighted by Crippen LogP contribution is -1.99. The third kappa shape index (κ3) is 3.35. The highest BCUT2D eigenvalue weighted by Gasteiger charge is 2.06. The highest BCUT2D eigenvalue weighted by atomic mass is 79.9. The maximum Gasteiger partial charge on any atom is 0.137 e. The minimum absolute atomic E-state index is 0.172. The summed E-state index contributed by atoms with van der Waals surface area (Å²) < 4.78 is 13.7. The lowest BCUT2D eigenvalue weighted by Gasteiger charge is -2.08. The first-order chi connectivity index (χ1) is 6.65.